The summed E-state index contributed by atoms with van der Waals surface area (Å²) in [5, 5.41) is 0. The molecule has 28 heavy (non-hydrogen) atoms. The third-order valence-electron chi connectivity index (χ3n) is 4.12. The highest BCUT2D eigenvalue weighted by molar-refractivity contribution is 8.00. The van der Waals surface area contributed by atoms with Gasteiger partial charge in [0.1, 0.15) is 0 Å². The van der Waals surface area contributed by atoms with Gasteiger partial charge in [-0.2, -0.15) is 0 Å². The van der Waals surface area contributed by atoms with Gasteiger partial charge in [0.25, 0.3) is 0 Å². The molecule has 3 rings (SSSR count). The van der Waals surface area contributed by atoms with Crippen molar-refractivity contribution >= 4 is 20.7 Å². The minimum Gasteiger partial charge on any atom is -0.219 e. The lowest BCUT2D eigenvalue weighted by atomic mass is 10.4. The average Bonchev–Trinajstić information content (AvgIpc) is 2.75. The van der Waals surface area contributed by atoms with Crippen LogP contribution < -0.4 is 0 Å². The van der Waals surface area contributed by atoms with Crippen LogP contribution in [0.15, 0.2) is 141 Å². The Labute approximate surface area is 169 Å². The van der Waals surface area contributed by atoms with E-state index in [1.165, 1.54) is 0 Å². The van der Waals surface area contributed by atoms with Crippen molar-refractivity contribution in [3.05, 3.63) is 121 Å². The van der Waals surface area contributed by atoms with E-state index in [2.05, 4.69) is 25.3 Å². The summed E-state index contributed by atoms with van der Waals surface area (Å²) in [6.45, 7) is 7.74. The molecule has 0 fully saturated rings. The van der Waals surface area contributed by atoms with Crippen LogP contribution in [0.4, 0.5) is 0 Å². The lowest BCUT2D eigenvalue weighted by Gasteiger charge is -2.09. The molecule has 1 atom stereocenters. The lowest BCUT2D eigenvalue weighted by Crippen LogP contribution is -2.07. The number of rotatable bonds is 7. The molecule has 4 heteroatoms. The zero-order valence-electron chi connectivity index (χ0n) is 15.4. The van der Waals surface area contributed by atoms with Crippen molar-refractivity contribution in [2.24, 2.45) is 0 Å². The van der Waals surface area contributed by atoms with Crippen molar-refractivity contribution in [1.29, 1.82) is 0 Å². The van der Waals surface area contributed by atoms with Crippen molar-refractivity contribution in [2.75, 3.05) is 0 Å². The van der Waals surface area contributed by atoms with Crippen LogP contribution in [0.1, 0.15) is 0 Å². The Morgan fingerprint density at radius 2 is 1.21 bits per heavy atom. The molecular weight excluding hydrogens is 384 g/mol. The van der Waals surface area contributed by atoms with Gasteiger partial charge in [0.15, 0.2) is 14.7 Å². The summed E-state index contributed by atoms with van der Waals surface area (Å²) in [5.74, 6) is 0. The number of hydrogen-bond acceptors (Lipinski definition) is 2. The molecule has 1 unspecified atom stereocenters. The van der Waals surface area contributed by atoms with Crippen LogP contribution in [0.5, 0.6) is 0 Å². The summed E-state index contributed by atoms with van der Waals surface area (Å²) < 4.78 is 25.7. The second kappa shape index (κ2) is 8.91. The SMILES string of the molecule is C=C/C=C(\C=C)[S+](c1ccccc1)c1ccc(S(=O)(=O)c2ccccc2)cc1. The molecule has 0 aliphatic heterocycles. The zero-order chi connectivity index (χ0) is 20.0. The van der Waals surface area contributed by atoms with E-state index in [9.17, 15) is 8.42 Å². The van der Waals surface area contributed by atoms with Gasteiger partial charge < -0.3 is 0 Å². The third kappa shape index (κ3) is 4.19. The number of sulfone groups is 1. The van der Waals surface area contributed by atoms with Crippen molar-refractivity contribution < 1.29 is 8.42 Å². The van der Waals surface area contributed by atoms with Crippen LogP contribution in [0.2, 0.25) is 0 Å². The second-order valence-electron chi connectivity index (χ2n) is 5.92. The van der Waals surface area contributed by atoms with Gasteiger partial charge in [0, 0.05) is 0 Å². The van der Waals surface area contributed by atoms with Crippen LogP contribution in [0.25, 0.3) is 0 Å². The highest BCUT2D eigenvalue weighted by Gasteiger charge is 2.29. The monoisotopic (exact) mass is 405 g/mol. The molecule has 140 valence electrons. The second-order valence-corrected chi connectivity index (χ2v) is 9.89. The highest BCUT2D eigenvalue weighted by atomic mass is 32.2. The molecule has 3 aromatic carbocycles. The minimum atomic E-state index is -3.53. The topological polar surface area (TPSA) is 34.1 Å². The van der Waals surface area contributed by atoms with Crippen LogP contribution in [-0.4, -0.2) is 8.42 Å². The summed E-state index contributed by atoms with van der Waals surface area (Å²) in [5.41, 5.74) is 0. The van der Waals surface area contributed by atoms with E-state index < -0.39 is 20.7 Å². The summed E-state index contributed by atoms with van der Waals surface area (Å²) >= 11 is 0. The fourth-order valence-electron chi connectivity index (χ4n) is 2.79. The maximum absolute atomic E-state index is 12.8. The lowest BCUT2D eigenvalue weighted by molar-refractivity contribution is 0.596. The molecule has 0 amide bonds. The highest BCUT2D eigenvalue weighted by Crippen LogP contribution is 2.32. The van der Waals surface area contributed by atoms with Gasteiger partial charge in [-0.1, -0.05) is 55.6 Å². The van der Waals surface area contributed by atoms with Crippen molar-refractivity contribution in [1.82, 2.24) is 0 Å². The van der Waals surface area contributed by atoms with E-state index >= 15 is 0 Å². The Morgan fingerprint density at radius 1 is 0.714 bits per heavy atom. The van der Waals surface area contributed by atoms with E-state index in [0.29, 0.717) is 4.90 Å². The summed E-state index contributed by atoms with van der Waals surface area (Å²) in [6, 6.07) is 25.7. The molecule has 3 aromatic rings. The average molecular weight is 406 g/mol. The number of benzene rings is 3. The standard InChI is InChI=1S/C24H21O2S2/c1-3-11-20(4-2)27(21-12-7-5-8-13-21)22-16-18-24(19-17-22)28(25,26)23-14-9-6-10-15-23/h3-19H,1-2H2/q+1/b20-11+. The Kier molecular flexibility index (Phi) is 6.34. The predicted molar refractivity (Wildman–Crippen MR) is 117 cm³/mol. The molecule has 0 N–H and O–H groups in total. The fourth-order valence-corrected chi connectivity index (χ4v) is 6.13. The quantitative estimate of drug-likeness (QED) is 0.367. The van der Waals surface area contributed by atoms with E-state index in [4.69, 9.17) is 0 Å². The maximum Gasteiger partial charge on any atom is 0.206 e. The molecule has 2 nitrogen and oxygen atoms in total. The Morgan fingerprint density at radius 3 is 1.75 bits per heavy atom. The van der Waals surface area contributed by atoms with Crippen molar-refractivity contribution in [2.45, 2.75) is 19.6 Å². The number of allylic oxidation sites excluding steroid dienone is 3. The Bertz CT molecular complexity index is 1080. The van der Waals surface area contributed by atoms with Crippen LogP contribution >= 0.6 is 0 Å². The zero-order valence-corrected chi connectivity index (χ0v) is 17.0. The first-order valence-corrected chi connectivity index (χ1v) is 11.4. The largest absolute Gasteiger partial charge is 0.219 e. The normalized spacial score (nSPS) is 12.9. The molecule has 0 saturated carbocycles. The van der Waals surface area contributed by atoms with Gasteiger partial charge in [-0.15, -0.1) is 0 Å². The Hall–Kier alpha value is -2.82. The minimum absolute atomic E-state index is 0.284. The van der Waals surface area contributed by atoms with E-state index in [-0.39, 0.29) is 4.90 Å². The smallest absolute Gasteiger partial charge is 0.206 e. The molecule has 0 spiro atoms. The third-order valence-corrected chi connectivity index (χ3v) is 8.17. The molecule has 0 radical (unpaired) electrons. The first-order valence-electron chi connectivity index (χ1n) is 8.72. The van der Waals surface area contributed by atoms with Crippen LogP contribution in [0, 0.1) is 0 Å². The van der Waals surface area contributed by atoms with Crippen molar-refractivity contribution in [3.8, 4) is 0 Å². The molecular formula is C24H21O2S2+. The van der Waals surface area contributed by atoms with Gasteiger partial charge in [-0.05, 0) is 60.7 Å². The van der Waals surface area contributed by atoms with Crippen LogP contribution in [-0.2, 0) is 20.7 Å². The van der Waals surface area contributed by atoms with Gasteiger partial charge in [-0.3, -0.25) is 0 Å². The van der Waals surface area contributed by atoms with E-state index in [1.807, 2.05) is 42.5 Å². The maximum atomic E-state index is 12.8. The van der Waals surface area contributed by atoms with Crippen LogP contribution in [0.3, 0.4) is 0 Å². The van der Waals surface area contributed by atoms with Gasteiger partial charge >= 0.3 is 0 Å². The van der Waals surface area contributed by atoms with E-state index in [0.717, 1.165) is 14.7 Å². The summed E-state index contributed by atoms with van der Waals surface area (Å²) in [4.78, 5) is 3.76. The Balaban J connectivity index is 2.05. The van der Waals surface area contributed by atoms with Crippen molar-refractivity contribution in [3.63, 3.8) is 0 Å². The summed E-state index contributed by atoms with van der Waals surface area (Å²) in [6.07, 6.45) is 5.51. The summed E-state index contributed by atoms with van der Waals surface area (Å²) in [7, 11) is -3.92. The first-order chi connectivity index (χ1) is 13.6. The number of hydrogen-bond donors (Lipinski definition) is 0. The molecule has 0 heterocycles. The molecule has 0 saturated heterocycles. The van der Waals surface area contributed by atoms with Gasteiger partial charge in [-0.25, -0.2) is 8.42 Å². The molecule has 0 aliphatic rings. The molecule has 0 bridgehead atoms. The molecule has 0 aliphatic carbocycles. The van der Waals surface area contributed by atoms with Gasteiger partial charge in [0.05, 0.1) is 20.7 Å². The van der Waals surface area contributed by atoms with Gasteiger partial charge in [0.2, 0.25) is 9.84 Å². The molecule has 0 aromatic heterocycles. The fraction of sp³-hybridized carbons (Fsp3) is 0. The predicted octanol–water partition coefficient (Wildman–Crippen LogP) is 5.81. The first kappa shape index (κ1) is 19.9. The van der Waals surface area contributed by atoms with E-state index in [1.54, 1.807) is 48.5 Å².